The number of aryl methyl sites for hydroxylation is 1. The Balaban J connectivity index is 1.49. The molecule has 4 rings (SSSR count). The van der Waals surface area contributed by atoms with E-state index >= 15 is 0 Å². The maximum absolute atomic E-state index is 12.7. The van der Waals surface area contributed by atoms with Gasteiger partial charge in [0.05, 0.1) is 7.11 Å². The van der Waals surface area contributed by atoms with Crippen LogP contribution in [0.15, 0.2) is 54.6 Å². The van der Waals surface area contributed by atoms with Gasteiger partial charge in [-0.25, -0.2) is 0 Å². The minimum absolute atomic E-state index is 0.182. The number of rotatable bonds is 6. The number of anilines is 1. The minimum atomic E-state index is -0.250. The van der Waals surface area contributed by atoms with Gasteiger partial charge in [0, 0.05) is 27.9 Å². The number of hydrogen-bond acceptors (Lipinski definition) is 5. The van der Waals surface area contributed by atoms with Crippen LogP contribution >= 0.6 is 11.6 Å². The molecule has 1 aliphatic heterocycles. The maximum Gasteiger partial charge on any atom is 0.255 e. The highest BCUT2D eigenvalue weighted by Gasteiger charge is 2.16. The van der Waals surface area contributed by atoms with Crippen LogP contribution in [0.25, 0.3) is 0 Å². The molecule has 3 aromatic carbocycles. The first-order chi connectivity index (χ1) is 14.5. The smallest absolute Gasteiger partial charge is 0.255 e. The number of methoxy groups -OCH3 is 1. The summed E-state index contributed by atoms with van der Waals surface area (Å²) in [5.41, 5.74) is 2.79. The highest BCUT2D eigenvalue weighted by molar-refractivity contribution is 6.31. The zero-order valence-corrected chi connectivity index (χ0v) is 17.3. The van der Waals surface area contributed by atoms with E-state index < -0.39 is 0 Å². The summed E-state index contributed by atoms with van der Waals surface area (Å²) in [6.45, 7) is 2.34. The number of fused-ring (bicyclic) bond motifs is 1. The number of hydrogen-bond donors (Lipinski definition) is 1. The summed E-state index contributed by atoms with van der Waals surface area (Å²) in [4.78, 5) is 12.7. The molecule has 30 heavy (non-hydrogen) atoms. The summed E-state index contributed by atoms with van der Waals surface area (Å²) in [5, 5.41) is 3.55. The Kier molecular flexibility index (Phi) is 5.68. The van der Waals surface area contributed by atoms with Crippen LogP contribution in [0.2, 0.25) is 5.02 Å². The summed E-state index contributed by atoms with van der Waals surface area (Å²) < 4.78 is 21.9. The van der Waals surface area contributed by atoms with Crippen molar-refractivity contribution >= 4 is 23.2 Å². The van der Waals surface area contributed by atoms with Crippen molar-refractivity contribution in [2.24, 2.45) is 0 Å². The van der Waals surface area contributed by atoms with Gasteiger partial charge in [0.25, 0.3) is 5.91 Å². The molecule has 1 N–H and O–H groups in total. The molecule has 154 valence electrons. The lowest BCUT2D eigenvalue weighted by Crippen LogP contribution is -2.12. The Morgan fingerprint density at radius 3 is 2.70 bits per heavy atom. The zero-order chi connectivity index (χ0) is 21.1. The molecule has 1 amide bonds. The SMILES string of the molecule is COc1ccc(C(=O)Nc2ccc3c(c2)OCO3)cc1COc1ccc(Cl)c(C)c1. The van der Waals surface area contributed by atoms with Crippen LogP contribution in [0.4, 0.5) is 5.69 Å². The van der Waals surface area contributed by atoms with Crippen molar-refractivity contribution in [3.8, 4) is 23.0 Å². The summed E-state index contributed by atoms with van der Waals surface area (Å²) in [6.07, 6.45) is 0. The third-order valence-electron chi connectivity index (χ3n) is 4.70. The van der Waals surface area contributed by atoms with Crippen LogP contribution in [-0.2, 0) is 6.61 Å². The Morgan fingerprint density at radius 1 is 1.07 bits per heavy atom. The first-order valence-electron chi connectivity index (χ1n) is 9.30. The predicted octanol–water partition coefficient (Wildman–Crippen LogP) is 5.22. The second kappa shape index (κ2) is 8.55. The summed E-state index contributed by atoms with van der Waals surface area (Å²) in [5.74, 6) is 2.35. The van der Waals surface area contributed by atoms with E-state index in [4.69, 9.17) is 30.5 Å². The topological polar surface area (TPSA) is 66.0 Å². The fourth-order valence-corrected chi connectivity index (χ4v) is 3.20. The van der Waals surface area contributed by atoms with Crippen LogP contribution in [0.1, 0.15) is 21.5 Å². The van der Waals surface area contributed by atoms with Gasteiger partial charge in [-0.05, 0) is 61.0 Å². The lowest BCUT2D eigenvalue weighted by atomic mass is 10.1. The lowest BCUT2D eigenvalue weighted by Gasteiger charge is -2.13. The predicted molar refractivity (Wildman–Crippen MR) is 114 cm³/mol. The van der Waals surface area contributed by atoms with E-state index in [2.05, 4.69) is 5.32 Å². The molecule has 0 radical (unpaired) electrons. The van der Waals surface area contributed by atoms with Gasteiger partial charge in [-0.2, -0.15) is 0 Å². The van der Waals surface area contributed by atoms with E-state index in [0.29, 0.717) is 39.3 Å². The van der Waals surface area contributed by atoms with Gasteiger partial charge in [0.2, 0.25) is 6.79 Å². The number of halogens is 1. The molecule has 1 heterocycles. The van der Waals surface area contributed by atoms with E-state index in [1.165, 1.54) is 0 Å². The Hall–Kier alpha value is -3.38. The molecule has 0 spiro atoms. The summed E-state index contributed by atoms with van der Waals surface area (Å²) >= 11 is 6.06. The quantitative estimate of drug-likeness (QED) is 0.586. The van der Waals surface area contributed by atoms with Gasteiger partial charge in [0.15, 0.2) is 11.5 Å². The Bertz CT molecular complexity index is 1100. The third kappa shape index (κ3) is 4.28. The van der Waals surface area contributed by atoms with E-state index in [0.717, 1.165) is 11.1 Å². The molecule has 0 bridgehead atoms. The van der Waals surface area contributed by atoms with Crippen molar-refractivity contribution in [3.05, 3.63) is 76.3 Å². The van der Waals surface area contributed by atoms with Crippen molar-refractivity contribution in [3.63, 3.8) is 0 Å². The van der Waals surface area contributed by atoms with Crippen molar-refractivity contribution in [2.45, 2.75) is 13.5 Å². The first kappa shape index (κ1) is 19.9. The fourth-order valence-electron chi connectivity index (χ4n) is 3.08. The molecular formula is C23H20ClNO5. The molecule has 0 aliphatic carbocycles. The number of ether oxygens (including phenoxy) is 4. The molecule has 3 aromatic rings. The number of benzene rings is 3. The number of carbonyl (C=O) groups is 1. The summed E-state index contributed by atoms with van der Waals surface area (Å²) in [6, 6.07) is 15.9. The zero-order valence-electron chi connectivity index (χ0n) is 16.5. The van der Waals surface area contributed by atoms with Gasteiger partial charge in [-0.15, -0.1) is 0 Å². The van der Waals surface area contributed by atoms with Crippen molar-refractivity contribution in [1.82, 2.24) is 0 Å². The number of nitrogens with one attached hydrogen (secondary N) is 1. The van der Waals surface area contributed by atoms with Crippen LogP contribution < -0.4 is 24.3 Å². The van der Waals surface area contributed by atoms with Crippen molar-refractivity contribution < 1.29 is 23.7 Å². The second-order valence-electron chi connectivity index (χ2n) is 6.75. The Labute approximate surface area is 179 Å². The minimum Gasteiger partial charge on any atom is -0.496 e. The standard InChI is InChI=1S/C23H20ClNO5/c1-14-9-18(5-6-19(14)24)28-12-16-10-15(3-7-20(16)27-2)23(26)25-17-4-8-21-22(11-17)30-13-29-21/h3-11H,12-13H2,1-2H3,(H,25,26). The molecule has 0 aromatic heterocycles. The van der Waals surface area contributed by atoms with E-state index in [-0.39, 0.29) is 19.3 Å². The largest absolute Gasteiger partial charge is 0.496 e. The normalized spacial score (nSPS) is 11.8. The fraction of sp³-hybridized carbons (Fsp3) is 0.174. The van der Waals surface area contributed by atoms with E-state index in [9.17, 15) is 4.79 Å². The Morgan fingerprint density at radius 2 is 1.90 bits per heavy atom. The molecule has 0 fully saturated rings. The van der Waals surface area contributed by atoms with Crippen LogP contribution in [0.3, 0.4) is 0 Å². The molecule has 1 aliphatic rings. The van der Waals surface area contributed by atoms with Crippen molar-refractivity contribution in [2.75, 3.05) is 19.2 Å². The lowest BCUT2D eigenvalue weighted by molar-refractivity contribution is 0.102. The van der Waals surface area contributed by atoms with Gasteiger partial charge in [-0.3, -0.25) is 4.79 Å². The van der Waals surface area contributed by atoms with Gasteiger partial charge in [-0.1, -0.05) is 11.6 Å². The van der Waals surface area contributed by atoms with Gasteiger partial charge in [0.1, 0.15) is 18.1 Å². The highest BCUT2D eigenvalue weighted by Crippen LogP contribution is 2.34. The van der Waals surface area contributed by atoms with E-state index in [1.54, 1.807) is 55.6 Å². The second-order valence-corrected chi connectivity index (χ2v) is 7.16. The average Bonchev–Trinajstić information content (AvgIpc) is 3.22. The molecule has 0 saturated heterocycles. The average molecular weight is 426 g/mol. The van der Waals surface area contributed by atoms with Crippen LogP contribution in [0.5, 0.6) is 23.0 Å². The number of amides is 1. The molecule has 0 atom stereocenters. The third-order valence-corrected chi connectivity index (χ3v) is 5.12. The summed E-state index contributed by atoms with van der Waals surface area (Å²) in [7, 11) is 1.58. The molecular weight excluding hydrogens is 406 g/mol. The van der Waals surface area contributed by atoms with Gasteiger partial charge >= 0.3 is 0 Å². The molecule has 0 unspecified atom stereocenters. The van der Waals surface area contributed by atoms with Crippen molar-refractivity contribution in [1.29, 1.82) is 0 Å². The monoisotopic (exact) mass is 425 g/mol. The molecule has 7 heteroatoms. The van der Waals surface area contributed by atoms with Gasteiger partial charge < -0.3 is 24.3 Å². The van der Waals surface area contributed by atoms with E-state index in [1.807, 2.05) is 13.0 Å². The molecule has 6 nitrogen and oxygen atoms in total. The van der Waals surface area contributed by atoms with Crippen LogP contribution in [0, 0.1) is 6.92 Å². The van der Waals surface area contributed by atoms with Crippen LogP contribution in [-0.4, -0.2) is 19.8 Å². The first-order valence-corrected chi connectivity index (χ1v) is 9.68. The number of carbonyl (C=O) groups excluding carboxylic acids is 1. The maximum atomic E-state index is 12.7. The highest BCUT2D eigenvalue weighted by atomic mass is 35.5. The molecule has 0 saturated carbocycles.